The summed E-state index contributed by atoms with van der Waals surface area (Å²) in [6.07, 6.45) is 7.26. The average molecular weight is 179 g/mol. The lowest BCUT2D eigenvalue weighted by Gasteiger charge is -2.15. The zero-order valence-corrected chi connectivity index (χ0v) is 9.30. The van der Waals surface area contributed by atoms with Crippen LogP contribution in [0.1, 0.15) is 33.6 Å². The minimum absolute atomic E-state index is 0.756. The van der Waals surface area contributed by atoms with Crippen LogP contribution in [0.25, 0.3) is 0 Å². The van der Waals surface area contributed by atoms with Gasteiger partial charge in [-0.2, -0.15) is 0 Å². The Kier molecular flexibility index (Phi) is 3.58. The molecule has 0 aromatic carbocycles. The first-order valence-corrected chi connectivity index (χ1v) is 5.41. The predicted molar refractivity (Wildman–Crippen MR) is 58.5 cm³/mol. The van der Waals surface area contributed by atoms with Crippen molar-refractivity contribution in [3.8, 4) is 0 Å². The van der Waals surface area contributed by atoms with E-state index in [2.05, 4.69) is 31.0 Å². The summed E-state index contributed by atoms with van der Waals surface area (Å²) in [5.41, 5.74) is 3.07. The topological polar surface area (TPSA) is 3.24 Å². The van der Waals surface area contributed by atoms with Crippen molar-refractivity contribution in [3.63, 3.8) is 0 Å². The van der Waals surface area contributed by atoms with Crippen molar-refractivity contribution in [2.75, 3.05) is 13.6 Å². The van der Waals surface area contributed by atoms with Gasteiger partial charge in [0, 0.05) is 25.2 Å². The van der Waals surface area contributed by atoms with Crippen LogP contribution in [0.5, 0.6) is 0 Å². The molecule has 2 rings (SSSR count). The van der Waals surface area contributed by atoms with Crippen LogP contribution in [0.2, 0.25) is 0 Å². The van der Waals surface area contributed by atoms with Gasteiger partial charge >= 0.3 is 0 Å². The molecule has 0 spiro atoms. The van der Waals surface area contributed by atoms with Crippen molar-refractivity contribution in [1.29, 1.82) is 0 Å². The quantitative estimate of drug-likeness (QED) is 0.552. The van der Waals surface area contributed by atoms with Gasteiger partial charge < -0.3 is 4.90 Å². The van der Waals surface area contributed by atoms with E-state index in [0.717, 1.165) is 5.92 Å². The van der Waals surface area contributed by atoms with Crippen LogP contribution in [-0.4, -0.2) is 18.5 Å². The molecule has 1 saturated heterocycles. The maximum atomic E-state index is 2.41. The highest BCUT2D eigenvalue weighted by Crippen LogP contribution is 2.34. The third kappa shape index (κ3) is 1.96. The number of hydrogen-bond acceptors (Lipinski definition) is 1. The molecule has 1 heterocycles. The molecular formula is C12H21N. The molecule has 13 heavy (non-hydrogen) atoms. The minimum atomic E-state index is 0.756. The SMILES string of the molecule is CC.CC1CN(C)C2=CCCC=C21. The highest BCUT2D eigenvalue weighted by molar-refractivity contribution is 5.38. The second kappa shape index (κ2) is 4.50. The molecule has 2 aliphatic rings. The number of nitrogens with zero attached hydrogens (tertiary/aromatic N) is 1. The standard InChI is InChI=1S/C10H15N.C2H6/c1-8-7-11(2)10-6-4-3-5-9(8)10;1-2/h5-6,8H,3-4,7H2,1-2H3;1-2H3. The molecule has 0 amide bonds. The monoisotopic (exact) mass is 179 g/mol. The first-order chi connectivity index (χ1) is 6.29. The Morgan fingerprint density at radius 3 is 2.46 bits per heavy atom. The lowest BCUT2D eigenvalue weighted by Crippen LogP contribution is -2.12. The molecule has 1 heteroatoms. The van der Waals surface area contributed by atoms with E-state index in [1.165, 1.54) is 25.1 Å². The molecule has 1 aliphatic heterocycles. The summed E-state index contributed by atoms with van der Waals surface area (Å²) in [5, 5.41) is 0. The second-order valence-corrected chi connectivity index (χ2v) is 3.61. The molecule has 0 saturated carbocycles. The van der Waals surface area contributed by atoms with Crippen LogP contribution in [0.3, 0.4) is 0 Å². The maximum absolute atomic E-state index is 2.41. The normalized spacial score (nSPS) is 25.5. The van der Waals surface area contributed by atoms with Crippen molar-refractivity contribution in [3.05, 3.63) is 23.4 Å². The molecule has 0 aromatic heterocycles. The predicted octanol–water partition coefficient (Wildman–Crippen LogP) is 3.20. The van der Waals surface area contributed by atoms with Gasteiger partial charge in [0.25, 0.3) is 0 Å². The van der Waals surface area contributed by atoms with E-state index >= 15 is 0 Å². The maximum Gasteiger partial charge on any atom is 0.0356 e. The van der Waals surface area contributed by atoms with E-state index in [-0.39, 0.29) is 0 Å². The molecule has 1 unspecified atom stereocenters. The van der Waals surface area contributed by atoms with Gasteiger partial charge in [0.1, 0.15) is 0 Å². The Hall–Kier alpha value is -0.720. The Bertz CT molecular complexity index is 201. The molecular weight excluding hydrogens is 158 g/mol. The van der Waals surface area contributed by atoms with E-state index < -0.39 is 0 Å². The minimum Gasteiger partial charge on any atom is -0.374 e. The van der Waals surface area contributed by atoms with Crippen LogP contribution in [0.4, 0.5) is 0 Å². The van der Waals surface area contributed by atoms with Crippen LogP contribution in [-0.2, 0) is 0 Å². The summed E-state index contributed by atoms with van der Waals surface area (Å²) in [4.78, 5) is 2.37. The van der Waals surface area contributed by atoms with Gasteiger partial charge in [-0.25, -0.2) is 0 Å². The summed E-state index contributed by atoms with van der Waals surface area (Å²) in [6.45, 7) is 7.52. The lowest BCUT2D eigenvalue weighted by atomic mass is 9.97. The van der Waals surface area contributed by atoms with Gasteiger partial charge in [-0.1, -0.05) is 32.9 Å². The summed E-state index contributed by atoms with van der Waals surface area (Å²) < 4.78 is 0. The fourth-order valence-electron chi connectivity index (χ4n) is 2.12. The fourth-order valence-corrected chi connectivity index (χ4v) is 2.12. The zero-order valence-electron chi connectivity index (χ0n) is 9.30. The average Bonchev–Trinajstić information content (AvgIpc) is 2.47. The molecule has 0 bridgehead atoms. The molecule has 1 aliphatic carbocycles. The highest BCUT2D eigenvalue weighted by Gasteiger charge is 2.26. The highest BCUT2D eigenvalue weighted by atomic mass is 15.1. The number of rotatable bonds is 0. The van der Waals surface area contributed by atoms with Gasteiger partial charge in [-0.05, 0) is 18.4 Å². The summed E-state index contributed by atoms with van der Waals surface area (Å²) in [6, 6.07) is 0. The number of allylic oxidation sites excluding steroid dienone is 3. The Labute approximate surface area is 82.1 Å². The van der Waals surface area contributed by atoms with Gasteiger partial charge in [0.05, 0.1) is 0 Å². The summed E-state index contributed by atoms with van der Waals surface area (Å²) in [5.74, 6) is 0.756. The molecule has 1 nitrogen and oxygen atoms in total. The second-order valence-electron chi connectivity index (χ2n) is 3.61. The van der Waals surface area contributed by atoms with E-state index in [1.54, 1.807) is 5.57 Å². The molecule has 0 N–H and O–H groups in total. The van der Waals surface area contributed by atoms with Gasteiger partial charge in [0.2, 0.25) is 0 Å². The fraction of sp³-hybridized carbons (Fsp3) is 0.667. The number of likely N-dealkylation sites (tertiary alicyclic amines) is 1. The van der Waals surface area contributed by atoms with Crippen molar-refractivity contribution in [2.24, 2.45) is 5.92 Å². The van der Waals surface area contributed by atoms with Crippen molar-refractivity contribution >= 4 is 0 Å². The Balaban J connectivity index is 0.000000396. The first kappa shape index (κ1) is 10.4. The van der Waals surface area contributed by atoms with Crippen molar-refractivity contribution in [1.82, 2.24) is 4.90 Å². The largest absolute Gasteiger partial charge is 0.374 e. The van der Waals surface area contributed by atoms with E-state index in [4.69, 9.17) is 0 Å². The molecule has 0 radical (unpaired) electrons. The number of hydrogen-bond donors (Lipinski definition) is 0. The van der Waals surface area contributed by atoms with Crippen molar-refractivity contribution < 1.29 is 0 Å². The van der Waals surface area contributed by atoms with E-state index in [0.29, 0.717) is 0 Å². The lowest BCUT2D eigenvalue weighted by molar-refractivity contribution is 0.446. The van der Waals surface area contributed by atoms with Crippen LogP contribution >= 0.6 is 0 Å². The van der Waals surface area contributed by atoms with Crippen LogP contribution < -0.4 is 0 Å². The molecule has 1 fully saturated rings. The molecule has 74 valence electrons. The van der Waals surface area contributed by atoms with Crippen LogP contribution in [0, 0.1) is 5.92 Å². The van der Waals surface area contributed by atoms with Crippen LogP contribution in [0.15, 0.2) is 23.4 Å². The Morgan fingerprint density at radius 1 is 1.23 bits per heavy atom. The van der Waals surface area contributed by atoms with Gasteiger partial charge in [-0.3, -0.25) is 0 Å². The van der Waals surface area contributed by atoms with Gasteiger partial charge in [-0.15, -0.1) is 0 Å². The summed E-state index contributed by atoms with van der Waals surface area (Å²) in [7, 11) is 2.19. The van der Waals surface area contributed by atoms with E-state index in [1.807, 2.05) is 13.8 Å². The Morgan fingerprint density at radius 2 is 1.85 bits per heavy atom. The van der Waals surface area contributed by atoms with E-state index in [9.17, 15) is 0 Å². The number of likely N-dealkylation sites (N-methyl/N-ethyl adjacent to an activating group) is 1. The molecule has 1 atom stereocenters. The first-order valence-electron chi connectivity index (χ1n) is 5.41. The molecule has 0 aromatic rings. The van der Waals surface area contributed by atoms with Gasteiger partial charge in [0.15, 0.2) is 0 Å². The van der Waals surface area contributed by atoms with Crippen molar-refractivity contribution in [2.45, 2.75) is 33.6 Å². The summed E-state index contributed by atoms with van der Waals surface area (Å²) >= 11 is 0. The smallest absolute Gasteiger partial charge is 0.0356 e. The number of fused-ring (bicyclic) bond motifs is 1. The third-order valence-corrected chi connectivity index (χ3v) is 2.65. The third-order valence-electron chi connectivity index (χ3n) is 2.65. The zero-order chi connectivity index (χ0) is 9.84.